The number of aryl methyl sites for hydroxylation is 1. The van der Waals surface area contributed by atoms with Crippen LogP contribution in [0.5, 0.6) is 0 Å². The third-order valence-corrected chi connectivity index (χ3v) is 8.79. The molecule has 0 spiro atoms. The molecule has 1 heterocycles. The number of imidazole rings is 1. The van der Waals surface area contributed by atoms with Crippen LogP contribution in [0.3, 0.4) is 0 Å². The van der Waals surface area contributed by atoms with Crippen molar-refractivity contribution in [2.45, 2.75) is 97.3 Å². The van der Waals surface area contributed by atoms with Gasteiger partial charge in [-0.15, -0.1) is 0 Å². The van der Waals surface area contributed by atoms with Crippen molar-refractivity contribution in [2.24, 2.45) is 12.8 Å². The van der Waals surface area contributed by atoms with E-state index < -0.39 is 26.9 Å². The average Bonchev–Trinajstić information content (AvgIpc) is 3.72. The highest BCUT2D eigenvalue weighted by Crippen LogP contribution is 2.24. The van der Waals surface area contributed by atoms with Gasteiger partial charge >= 0.3 is 20.8 Å². The smallest absolute Gasteiger partial charge is 0.372 e. The molecule has 4 atom stereocenters. The van der Waals surface area contributed by atoms with Crippen LogP contribution in [0.25, 0.3) is 0 Å². The van der Waals surface area contributed by atoms with Gasteiger partial charge in [0.25, 0.3) is 5.82 Å². The van der Waals surface area contributed by atoms with E-state index in [1.807, 2.05) is 53.3 Å². The minimum absolute atomic E-state index is 0. The second-order valence-electron chi connectivity index (χ2n) is 10.8. The zero-order valence-electron chi connectivity index (χ0n) is 26.3. The molecule has 0 unspecified atom stereocenters. The van der Waals surface area contributed by atoms with Crippen LogP contribution in [0.4, 0.5) is 7.77 Å². The standard InChI is InChI=1S/C12H16FNO3S.C12H17NO.C5H8FN2O2S.C2H3N.CH4/c13-18(15,16)14-11-7-4-8-12(11)17-9-10-5-2-1-3-6-10;13-11-7-4-8-12(11)14-9-10-5-2-1-3-6-10;1-5-7(2)3-4-8(5)11(6,9)10;1-2-3;/h1-3,5-6,11-12,14H,4,7-9H2;1-3,5-6,11-12H,4,7-9,13H2;3-4H,1-2H3;1H3;1H4/q;;+1;;/t2*11-,12-;;;/m11.../s1. The van der Waals surface area contributed by atoms with Gasteiger partial charge in [-0.3, -0.25) is 0 Å². The molecule has 5 rings (SSSR count). The lowest BCUT2D eigenvalue weighted by Gasteiger charge is -2.19. The molecule has 1 aromatic heterocycles. The SMILES string of the molecule is C.CC#N.Cc1n(S(=O)(=O)F)cc[n+]1C.N[C@@H]1CCC[C@H]1OCc1ccccc1.O=S(=O)(F)N[C@@H]1CCC[C@H]1OCc1ccccc1. The van der Waals surface area contributed by atoms with E-state index in [-0.39, 0.29) is 25.7 Å². The van der Waals surface area contributed by atoms with Crippen molar-refractivity contribution >= 4 is 20.8 Å². The lowest BCUT2D eigenvalue weighted by molar-refractivity contribution is -0.676. The number of aromatic nitrogens is 2. The Morgan fingerprint density at radius 2 is 1.38 bits per heavy atom. The predicted molar refractivity (Wildman–Crippen MR) is 176 cm³/mol. The van der Waals surface area contributed by atoms with Gasteiger partial charge in [-0.05, 0) is 49.7 Å². The first-order valence-corrected chi connectivity index (χ1v) is 17.6. The zero-order chi connectivity index (χ0) is 34.2. The van der Waals surface area contributed by atoms with Crippen LogP contribution in [0.15, 0.2) is 73.1 Å². The second-order valence-corrected chi connectivity index (χ2v) is 13.1. The summed E-state index contributed by atoms with van der Waals surface area (Å²) in [6, 6.07) is 21.4. The summed E-state index contributed by atoms with van der Waals surface area (Å²) in [7, 11) is -7.63. The van der Waals surface area contributed by atoms with Crippen molar-refractivity contribution in [3.63, 3.8) is 0 Å². The Balaban J connectivity index is 0.000000343. The molecule has 0 bridgehead atoms. The summed E-state index contributed by atoms with van der Waals surface area (Å²) >= 11 is 0. The van der Waals surface area contributed by atoms with Crippen LogP contribution < -0.4 is 15.0 Å². The molecule has 0 aliphatic heterocycles. The molecule has 262 valence electrons. The fraction of sp³-hybridized carbons (Fsp3) is 0.500. The number of nitriles is 1. The predicted octanol–water partition coefficient (Wildman–Crippen LogP) is 4.86. The van der Waals surface area contributed by atoms with E-state index in [2.05, 4.69) is 12.1 Å². The minimum Gasteiger partial charge on any atom is -0.372 e. The van der Waals surface area contributed by atoms with Crippen LogP contribution >= 0.6 is 0 Å². The first kappa shape index (κ1) is 41.8. The van der Waals surface area contributed by atoms with Crippen molar-refractivity contribution in [3.05, 3.63) is 90.0 Å². The maximum absolute atomic E-state index is 12.6. The summed E-state index contributed by atoms with van der Waals surface area (Å²) < 4.78 is 82.3. The van der Waals surface area contributed by atoms with Gasteiger partial charge in [0, 0.05) is 19.9 Å². The van der Waals surface area contributed by atoms with E-state index in [0.717, 1.165) is 37.4 Å². The molecule has 2 aliphatic rings. The van der Waals surface area contributed by atoms with Gasteiger partial charge in [-0.25, -0.2) is 4.57 Å². The Kier molecular flexibility index (Phi) is 18.5. The van der Waals surface area contributed by atoms with Crippen LogP contribution in [-0.4, -0.2) is 45.1 Å². The van der Waals surface area contributed by atoms with Crippen molar-refractivity contribution < 1.29 is 38.6 Å². The molecule has 47 heavy (non-hydrogen) atoms. The summed E-state index contributed by atoms with van der Waals surface area (Å²) in [5, 5.41) is 7.32. The van der Waals surface area contributed by atoms with Gasteiger partial charge in [0.05, 0.1) is 44.6 Å². The molecule has 3 N–H and O–H groups in total. The molecule has 0 radical (unpaired) electrons. The Morgan fingerprint density at radius 3 is 1.77 bits per heavy atom. The number of nitrogens with two attached hydrogens (primary N) is 1. The van der Waals surface area contributed by atoms with Crippen LogP contribution in [0, 0.1) is 18.3 Å². The van der Waals surface area contributed by atoms with Crippen LogP contribution in [0.1, 0.15) is 69.8 Å². The minimum atomic E-state index is -4.65. The first-order chi connectivity index (χ1) is 21.7. The second kappa shape index (κ2) is 20.9. The molecule has 2 fully saturated rings. The highest BCUT2D eigenvalue weighted by atomic mass is 32.3. The zero-order valence-corrected chi connectivity index (χ0v) is 28.0. The van der Waals surface area contributed by atoms with Gasteiger partial charge in [0.1, 0.15) is 12.4 Å². The van der Waals surface area contributed by atoms with E-state index in [4.69, 9.17) is 20.5 Å². The molecule has 2 aromatic carbocycles. The summed E-state index contributed by atoms with van der Waals surface area (Å²) in [6.07, 6.45) is 8.28. The van der Waals surface area contributed by atoms with E-state index in [1.165, 1.54) is 36.6 Å². The van der Waals surface area contributed by atoms with E-state index in [9.17, 15) is 24.6 Å². The Morgan fingerprint density at radius 1 is 0.915 bits per heavy atom. The van der Waals surface area contributed by atoms with Gasteiger partial charge in [0.2, 0.25) is 0 Å². The number of nitrogens with zero attached hydrogens (tertiary/aromatic N) is 3. The maximum atomic E-state index is 12.6. The molecule has 2 aliphatic carbocycles. The van der Waals surface area contributed by atoms with Crippen LogP contribution in [0.2, 0.25) is 0 Å². The molecule has 15 heteroatoms. The van der Waals surface area contributed by atoms with Gasteiger partial charge in [-0.2, -0.15) is 26.8 Å². The molecular formula is C32H48F2N5O6S2+. The topological polar surface area (TPSA) is 157 Å². The number of ether oxygens (including phenoxy) is 2. The monoisotopic (exact) mass is 700 g/mol. The number of rotatable bonds is 9. The first-order valence-electron chi connectivity index (χ1n) is 14.8. The van der Waals surface area contributed by atoms with Crippen molar-refractivity contribution in [3.8, 4) is 6.07 Å². The van der Waals surface area contributed by atoms with Crippen molar-refractivity contribution in [1.82, 2.24) is 8.69 Å². The number of hydrogen-bond donors (Lipinski definition) is 2. The Labute approximate surface area is 279 Å². The average molecular weight is 701 g/mol. The lowest BCUT2D eigenvalue weighted by Crippen LogP contribution is -2.39. The number of halogens is 2. The molecule has 3 aromatic rings. The molecular weight excluding hydrogens is 653 g/mol. The van der Waals surface area contributed by atoms with Gasteiger partial charge in [0.15, 0.2) is 0 Å². The molecule has 11 nitrogen and oxygen atoms in total. The Hall–Kier alpha value is -3.26. The van der Waals surface area contributed by atoms with Gasteiger partial charge in [-0.1, -0.05) is 79.8 Å². The fourth-order valence-corrected chi connectivity index (χ4v) is 6.20. The van der Waals surface area contributed by atoms with Crippen molar-refractivity contribution in [2.75, 3.05) is 0 Å². The molecule has 0 saturated heterocycles. The molecule has 2 saturated carbocycles. The van der Waals surface area contributed by atoms with E-state index >= 15 is 0 Å². The van der Waals surface area contributed by atoms with E-state index in [0.29, 0.717) is 29.4 Å². The largest absolute Gasteiger partial charge is 0.480 e. The summed E-state index contributed by atoms with van der Waals surface area (Å²) in [6.45, 7) is 4.05. The number of nitrogens with one attached hydrogen (secondary N) is 1. The van der Waals surface area contributed by atoms with Crippen LogP contribution in [-0.2, 0) is 50.6 Å². The molecule has 0 amide bonds. The number of hydrogen-bond acceptors (Lipinski definition) is 8. The third kappa shape index (κ3) is 15.9. The highest BCUT2D eigenvalue weighted by Gasteiger charge is 2.31. The normalized spacial score (nSPS) is 20.2. The Bertz CT molecular complexity index is 1570. The summed E-state index contributed by atoms with van der Waals surface area (Å²) in [5.74, 6) is 0.326. The summed E-state index contributed by atoms with van der Waals surface area (Å²) in [4.78, 5) is 0. The quantitative estimate of drug-likeness (QED) is 0.237. The number of benzene rings is 2. The summed E-state index contributed by atoms with van der Waals surface area (Å²) in [5.41, 5.74) is 8.17. The maximum Gasteiger partial charge on any atom is 0.480 e. The van der Waals surface area contributed by atoms with Gasteiger partial charge < -0.3 is 15.2 Å². The third-order valence-electron chi connectivity index (χ3n) is 7.35. The van der Waals surface area contributed by atoms with Crippen molar-refractivity contribution in [1.29, 1.82) is 5.26 Å². The lowest BCUT2D eigenvalue weighted by atomic mass is 10.2. The highest BCUT2D eigenvalue weighted by molar-refractivity contribution is 7.84. The fourth-order valence-electron chi connectivity index (χ4n) is 4.92. The van der Waals surface area contributed by atoms with E-state index in [1.54, 1.807) is 13.1 Å².